The summed E-state index contributed by atoms with van der Waals surface area (Å²) in [6.07, 6.45) is 0. The molecule has 1 aromatic carbocycles. The summed E-state index contributed by atoms with van der Waals surface area (Å²) in [5.41, 5.74) is 1.46. The van der Waals surface area contributed by atoms with Crippen LogP contribution in [0.3, 0.4) is 0 Å². The molecule has 19 heavy (non-hydrogen) atoms. The lowest BCUT2D eigenvalue weighted by Gasteiger charge is -2.17. The number of rotatable bonds is 5. The first-order valence-corrected chi connectivity index (χ1v) is 5.99. The molecule has 0 unspecified atom stereocenters. The molecule has 0 saturated carbocycles. The molecule has 0 aliphatic carbocycles. The molecular weight excluding hydrogens is 244 g/mol. The van der Waals surface area contributed by atoms with Crippen LogP contribution in [0.2, 0.25) is 0 Å². The van der Waals surface area contributed by atoms with Gasteiger partial charge in [0, 0.05) is 11.7 Å². The minimum Gasteiger partial charge on any atom is -0.358 e. The van der Waals surface area contributed by atoms with Crippen molar-refractivity contribution in [3.63, 3.8) is 0 Å². The van der Waals surface area contributed by atoms with E-state index in [1.165, 1.54) is 5.56 Å². The van der Waals surface area contributed by atoms with E-state index in [-0.39, 0.29) is 10.6 Å². The highest BCUT2D eigenvalue weighted by atomic mass is 16.8. The summed E-state index contributed by atoms with van der Waals surface area (Å²) in [5, 5.41) is 23.6. The van der Waals surface area contributed by atoms with Crippen molar-refractivity contribution in [1.82, 2.24) is 10.1 Å². The lowest BCUT2D eigenvalue weighted by molar-refractivity contribution is -0.804. The van der Waals surface area contributed by atoms with E-state index >= 15 is 0 Å². The number of nitriles is 1. The van der Waals surface area contributed by atoms with E-state index in [1.54, 1.807) is 6.07 Å². The van der Waals surface area contributed by atoms with E-state index in [1.807, 2.05) is 37.3 Å². The van der Waals surface area contributed by atoms with Gasteiger partial charge in [0.1, 0.15) is 0 Å². The van der Waals surface area contributed by atoms with Gasteiger partial charge in [-0.15, -0.1) is 0 Å². The van der Waals surface area contributed by atoms with Crippen molar-refractivity contribution >= 4 is 0 Å². The number of benzene rings is 1. The predicted octanol–water partition coefficient (Wildman–Crippen LogP) is 1.20. The van der Waals surface area contributed by atoms with E-state index in [4.69, 9.17) is 5.26 Å². The third kappa shape index (κ3) is 3.09. The molecule has 6 nitrogen and oxygen atoms in total. The molecule has 0 amide bonds. The fourth-order valence-electron chi connectivity index (χ4n) is 1.82. The molecule has 2 aromatic rings. The van der Waals surface area contributed by atoms with Crippen molar-refractivity contribution in [3.8, 4) is 6.07 Å². The highest BCUT2D eigenvalue weighted by Crippen LogP contribution is 2.09. The molecule has 2 rings (SSSR count). The Morgan fingerprint density at radius 2 is 2.11 bits per heavy atom. The fraction of sp³-hybridized carbons (Fsp3) is 0.308. The number of nitrogens with zero attached hydrogens (tertiary/aromatic N) is 4. The molecule has 0 atom stereocenters. The zero-order valence-electron chi connectivity index (χ0n) is 10.6. The number of aromatic nitrogens is 2. The monoisotopic (exact) mass is 258 g/mol. The van der Waals surface area contributed by atoms with Crippen LogP contribution in [0, 0.1) is 16.5 Å². The van der Waals surface area contributed by atoms with E-state index in [2.05, 4.69) is 14.7 Å². The highest BCUT2D eigenvalue weighted by Gasteiger charge is 2.20. The summed E-state index contributed by atoms with van der Waals surface area (Å²) in [6.45, 7) is 3.94. The zero-order valence-corrected chi connectivity index (χ0v) is 10.6. The molecule has 0 fully saturated rings. The van der Waals surface area contributed by atoms with Gasteiger partial charge in [-0.2, -0.15) is 5.26 Å². The van der Waals surface area contributed by atoms with Crippen LogP contribution >= 0.6 is 0 Å². The van der Waals surface area contributed by atoms with Crippen LogP contribution in [0.15, 0.2) is 35.0 Å². The molecule has 0 radical (unpaired) electrons. The Labute approximate surface area is 111 Å². The van der Waals surface area contributed by atoms with E-state index in [9.17, 15) is 5.21 Å². The second-order valence-corrected chi connectivity index (χ2v) is 4.13. The maximum absolute atomic E-state index is 11.1. The Kier molecular flexibility index (Phi) is 4.11. The SMILES string of the molecule is CCN(Cc1ccccc1)Cc1no[n+]([O-])c1C#N. The van der Waals surface area contributed by atoms with Crippen LogP contribution in [0.1, 0.15) is 23.9 Å². The van der Waals surface area contributed by atoms with Crippen molar-refractivity contribution in [2.45, 2.75) is 20.0 Å². The van der Waals surface area contributed by atoms with Gasteiger partial charge in [-0.25, -0.2) is 0 Å². The van der Waals surface area contributed by atoms with Gasteiger partial charge in [-0.1, -0.05) is 37.3 Å². The van der Waals surface area contributed by atoms with Crippen LogP contribution in [-0.2, 0) is 13.1 Å². The summed E-state index contributed by atoms with van der Waals surface area (Å²) in [6, 6.07) is 11.8. The quantitative estimate of drug-likeness (QED) is 0.753. The third-order valence-electron chi connectivity index (χ3n) is 2.86. The summed E-state index contributed by atoms with van der Waals surface area (Å²) >= 11 is 0. The molecule has 0 aliphatic rings. The second kappa shape index (κ2) is 5.98. The molecular formula is C13H14N4O2. The van der Waals surface area contributed by atoms with Gasteiger partial charge in [0.15, 0.2) is 6.07 Å². The normalized spacial score (nSPS) is 10.6. The van der Waals surface area contributed by atoms with E-state index < -0.39 is 0 Å². The fourth-order valence-corrected chi connectivity index (χ4v) is 1.82. The highest BCUT2D eigenvalue weighted by molar-refractivity contribution is 5.19. The summed E-state index contributed by atoms with van der Waals surface area (Å²) in [5.74, 6) is 0. The molecule has 0 bridgehead atoms. The lowest BCUT2D eigenvalue weighted by Crippen LogP contribution is -2.28. The molecule has 1 aromatic heterocycles. The first kappa shape index (κ1) is 13.1. The Balaban J connectivity index is 2.09. The largest absolute Gasteiger partial charge is 0.358 e. The van der Waals surface area contributed by atoms with Crippen LogP contribution in [0.5, 0.6) is 0 Å². The molecule has 0 saturated heterocycles. The molecule has 98 valence electrons. The Morgan fingerprint density at radius 1 is 1.37 bits per heavy atom. The van der Waals surface area contributed by atoms with Crippen LogP contribution in [0.4, 0.5) is 0 Å². The summed E-state index contributed by atoms with van der Waals surface area (Å²) in [4.78, 5) is 2.22. The van der Waals surface area contributed by atoms with Gasteiger partial charge in [0.2, 0.25) is 0 Å². The van der Waals surface area contributed by atoms with Gasteiger partial charge in [-0.05, 0) is 17.0 Å². The summed E-state index contributed by atoms with van der Waals surface area (Å²) < 4.78 is 4.44. The zero-order chi connectivity index (χ0) is 13.7. The van der Waals surface area contributed by atoms with Crippen LogP contribution < -0.4 is 4.90 Å². The van der Waals surface area contributed by atoms with Gasteiger partial charge in [0.05, 0.1) is 6.54 Å². The predicted molar refractivity (Wildman–Crippen MR) is 66.4 cm³/mol. The van der Waals surface area contributed by atoms with Crippen molar-refractivity contribution in [1.29, 1.82) is 5.26 Å². The number of hydrogen-bond donors (Lipinski definition) is 0. The van der Waals surface area contributed by atoms with Crippen molar-refractivity contribution < 1.29 is 9.53 Å². The maximum Gasteiger partial charge on any atom is 0.299 e. The average Bonchev–Trinajstić information content (AvgIpc) is 2.79. The van der Waals surface area contributed by atoms with Crippen molar-refractivity contribution in [3.05, 3.63) is 52.5 Å². The molecule has 0 aliphatic heterocycles. The van der Waals surface area contributed by atoms with Crippen molar-refractivity contribution in [2.24, 2.45) is 0 Å². The molecule has 0 N–H and O–H groups in total. The minimum atomic E-state index is -0.0773. The average molecular weight is 258 g/mol. The van der Waals surface area contributed by atoms with Gasteiger partial charge in [0.25, 0.3) is 11.4 Å². The topological polar surface area (TPSA) is 80.0 Å². The Morgan fingerprint density at radius 3 is 2.74 bits per heavy atom. The van der Waals surface area contributed by atoms with Crippen LogP contribution in [-0.4, -0.2) is 16.6 Å². The minimum absolute atomic E-state index is 0.0773. The number of hydrogen-bond acceptors (Lipinski definition) is 5. The molecule has 0 spiro atoms. The van der Waals surface area contributed by atoms with Gasteiger partial charge >= 0.3 is 0 Å². The smallest absolute Gasteiger partial charge is 0.299 e. The van der Waals surface area contributed by atoms with E-state index in [0.29, 0.717) is 12.2 Å². The van der Waals surface area contributed by atoms with Crippen LogP contribution in [0.25, 0.3) is 0 Å². The van der Waals surface area contributed by atoms with Gasteiger partial charge in [-0.3, -0.25) is 9.53 Å². The summed E-state index contributed by atoms with van der Waals surface area (Å²) in [7, 11) is 0. The lowest BCUT2D eigenvalue weighted by atomic mass is 10.2. The van der Waals surface area contributed by atoms with Crippen molar-refractivity contribution in [2.75, 3.05) is 6.54 Å². The third-order valence-corrected chi connectivity index (χ3v) is 2.86. The first-order valence-electron chi connectivity index (χ1n) is 5.99. The Hall–Kier alpha value is -2.39. The van der Waals surface area contributed by atoms with E-state index in [0.717, 1.165) is 13.1 Å². The molecule has 1 heterocycles. The van der Waals surface area contributed by atoms with Gasteiger partial charge < -0.3 is 5.21 Å². The molecule has 6 heteroatoms. The second-order valence-electron chi connectivity index (χ2n) is 4.13. The Bertz CT molecular complexity index is 574. The maximum atomic E-state index is 11.1. The standard InChI is InChI=1S/C13H14N4O2/c1-2-16(9-11-6-4-3-5-7-11)10-12-13(8-14)17(18)19-15-12/h3-7H,2,9-10H2,1H3. The first-order chi connectivity index (χ1) is 9.24.